The number of rotatable bonds is 2. The molecule has 0 spiro atoms. The van der Waals surface area contributed by atoms with Crippen LogP contribution in [-0.2, 0) is 3.22 Å². The van der Waals surface area contributed by atoms with E-state index in [-0.39, 0.29) is 0 Å². The van der Waals surface area contributed by atoms with Crippen LogP contribution in [0.25, 0.3) is 11.0 Å². The predicted molar refractivity (Wildman–Crippen MR) is 51.9 cm³/mol. The molecule has 12 heavy (non-hydrogen) atoms. The molecule has 0 bridgehead atoms. The van der Waals surface area contributed by atoms with E-state index in [9.17, 15) is 0 Å². The zero-order valence-electron chi connectivity index (χ0n) is 5.99. The summed E-state index contributed by atoms with van der Waals surface area (Å²) in [6.45, 7) is 0. The summed E-state index contributed by atoms with van der Waals surface area (Å²) in [7, 11) is 0. The molecule has 4 heteroatoms. The Kier molecular flexibility index (Phi) is 2.18. The fourth-order valence-electron chi connectivity index (χ4n) is 1.03. The standard InChI is InChI=1S/C8H5IO3/c9-12-11-7-1-2-8-6(5-7)3-4-10-8/h1-5H. The first kappa shape index (κ1) is 7.88. The lowest BCUT2D eigenvalue weighted by Gasteiger charge is -1.97. The van der Waals surface area contributed by atoms with E-state index in [1.807, 2.05) is 18.2 Å². The van der Waals surface area contributed by atoms with Crippen molar-refractivity contribution < 1.29 is 12.5 Å². The van der Waals surface area contributed by atoms with E-state index in [2.05, 4.69) is 3.22 Å². The van der Waals surface area contributed by atoms with E-state index in [0.717, 1.165) is 11.0 Å². The molecule has 0 amide bonds. The van der Waals surface area contributed by atoms with Crippen LogP contribution in [0.1, 0.15) is 0 Å². The van der Waals surface area contributed by atoms with Crippen LogP contribution in [0, 0.1) is 0 Å². The van der Waals surface area contributed by atoms with E-state index < -0.39 is 0 Å². The van der Waals surface area contributed by atoms with Crippen molar-refractivity contribution in [2.75, 3.05) is 0 Å². The van der Waals surface area contributed by atoms with Crippen molar-refractivity contribution in [3.05, 3.63) is 30.5 Å². The van der Waals surface area contributed by atoms with Crippen molar-refractivity contribution in [2.24, 2.45) is 0 Å². The minimum atomic E-state index is 0.665. The number of halogens is 1. The van der Waals surface area contributed by atoms with Gasteiger partial charge in [-0.15, -0.1) is 3.22 Å². The minimum Gasteiger partial charge on any atom is -0.464 e. The van der Waals surface area contributed by atoms with Gasteiger partial charge < -0.3 is 9.30 Å². The third-order valence-corrected chi connectivity index (χ3v) is 1.73. The number of hydrogen-bond acceptors (Lipinski definition) is 3. The van der Waals surface area contributed by atoms with E-state index >= 15 is 0 Å². The molecule has 0 saturated carbocycles. The monoisotopic (exact) mass is 276 g/mol. The quantitative estimate of drug-likeness (QED) is 0.480. The van der Waals surface area contributed by atoms with Gasteiger partial charge in [-0.3, -0.25) is 0 Å². The molecule has 3 nitrogen and oxygen atoms in total. The molecular formula is C8H5IO3. The van der Waals surface area contributed by atoms with E-state index in [1.54, 1.807) is 35.3 Å². The highest BCUT2D eigenvalue weighted by atomic mass is 127. The average Bonchev–Trinajstić information content (AvgIpc) is 2.51. The fourth-order valence-corrected chi connectivity index (χ4v) is 1.24. The zero-order valence-corrected chi connectivity index (χ0v) is 8.15. The Bertz CT molecular complexity index is 382. The number of hydrogen-bond donors (Lipinski definition) is 0. The summed E-state index contributed by atoms with van der Waals surface area (Å²) in [5.41, 5.74) is 0.843. The van der Waals surface area contributed by atoms with Crippen molar-refractivity contribution in [1.82, 2.24) is 0 Å². The van der Waals surface area contributed by atoms with Gasteiger partial charge in [0.05, 0.1) is 6.26 Å². The maximum absolute atomic E-state index is 5.15. The number of furan rings is 1. The Balaban J connectivity index is 2.46. The summed E-state index contributed by atoms with van der Waals surface area (Å²) in [4.78, 5) is 4.83. The van der Waals surface area contributed by atoms with Gasteiger partial charge in [0.1, 0.15) is 5.58 Å². The van der Waals surface area contributed by atoms with Crippen LogP contribution in [0.15, 0.2) is 34.9 Å². The van der Waals surface area contributed by atoms with Gasteiger partial charge in [0, 0.05) is 5.39 Å². The molecule has 1 aromatic heterocycles. The Morgan fingerprint density at radius 1 is 1.25 bits per heavy atom. The Morgan fingerprint density at radius 2 is 2.17 bits per heavy atom. The van der Waals surface area contributed by atoms with Crippen molar-refractivity contribution in [2.45, 2.75) is 0 Å². The van der Waals surface area contributed by atoms with Gasteiger partial charge in [-0.1, -0.05) is 0 Å². The second-order valence-electron chi connectivity index (χ2n) is 2.27. The molecule has 0 aliphatic rings. The molecule has 2 rings (SSSR count). The maximum atomic E-state index is 5.15. The summed E-state index contributed by atoms with van der Waals surface area (Å²) in [5.74, 6) is 0.665. The normalized spacial score (nSPS) is 10.4. The SMILES string of the molecule is IOOc1ccc2occc2c1. The fraction of sp³-hybridized carbons (Fsp3) is 0. The van der Waals surface area contributed by atoms with Gasteiger partial charge in [0.15, 0.2) is 28.8 Å². The van der Waals surface area contributed by atoms with Crippen molar-refractivity contribution in [3.8, 4) is 5.75 Å². The van der Waals surface area contributed by atoms with Gasteiger partial charge in [-0.2, -0.15) is 0 Å². The van der Waals surface area contributed by atoms with Gasteiger partial charge >= 0.3 is 0 Å². The highest BCUT2D eigenvalue weighted by Gasteiger charge is 1.99. The summed E-state index contributed by atoms with van der Waals surface area (Å²) in [6.07, 6.45) is 1.64. The largest absolute Gasteiger partial charge is 0.464 e. The molecule has 0 aliphatic carbocycles. The molecule has 2 aromatic rings. The third kappa shape index (κ3) is 1.39. The molecule has 0 saturated heterocycles. The molecule has 0 atom stereocenters. The first-order valence-corrected chi connectivity index (χ1v) is 4.21. The third-order valence-electron chi connectivity index (χ3n) is 1.55. The second kappa shape index (κ2) is 3.32. The van der Waals surface area contributed by atoms with Crippen LogP contribution in [0.3, 0.4) is 0 Å². The lowest BCUT2D eigenvalue weighted by molar-refractivity contribution is -0.0470. The topological polar surface area (TPSA) is 31.6 Å². The second-order valence-corrected chi connectivity index (χ2v) is 2.63. The van der Waals surface area contributed by atoms with E-state index in [0.29, 0.717) is 5.75 Å². The highest BCUT2D eigenvalue weighted by molar-refractivity contribution is 14.1. The Labute approximate surface area is 82.9 Å². The Hall–Kier alpha value is -0.750. The summed E-state index contributed by atoms with van der Waals surface area (Å²) >= 11 is 1.67. The number of benzene rings is 1. The summed E-state index contributed by atoms with van der Waals surface area (Å²) < 4.78 is 9.65. The molecule has 0 unspecified atom stereocenters. The number of fused-ring (bicyclic) bond motifs is 1. The Morgan fingerprint density at radius 3 is 3.00 bits per heavy atom. The maximum Gasteiger partial charge on any atom is 0.170 e. The van der Waals surface area contributed by atoms with Crippen molar-refractivity contribution in [3.63, 3.8) is 0 Å². The van der Waals surface area contributed by atoms with Crippen LogP contribution < -0.4 is 4.89 Å². The van der Waals surface area contributed by atoms with Crippen LogP contribution >= 0.6 is 23.0 Å². The summed E-state index contributed by atoms with van der Waals surface area (Å²) in [6, 6.07) is 7.33. The van der Waals surface area contributed by atoms with Gasteiger partial charge in [-0.25, -0.2) is 0 Å². The lowest BCUT2D eigenvalue weighted by Crippen LogP contribution is -1.83. The zero-order chi connectivity index (χ0) is 8.39. The van der Waals surface area contributed by atoms with Crippen LogP contribution in [-0.4, -0.2) is 0 Å². The van der Waals surface area contributed by atoms with Crippen molar-refractivity contribution >= 4 is 34.0 Å². The van der Waals surface area contributed by atoms with E-state index in [1.165, 1.54) is 0 Å². The van der Waals surface area contributed by atoms with Gasteiger partial charge in [0.25, 0.3) is 0 Å². The van der Waals surface area contributed by atoms with E-state index in [4.69, 9.17) is 9.30 Å². The van der Waals surface area contributed by atoms with Gasteiger partial charge in [0.2, 0.25) is 0 Å². The first-order chi connectivity index (χ1) is 5.90. The first-order valence-electron chi connectivity index (χ1n) is 3.32. The van der Waals surface area contributed by atoms with Crippen molar-refractivity contribution in [1.29, 1.82) is 0 Å². The van der Waals surface area contributed by atoms with Crippen LogP contribution in [0.5, 0.6) is 5.75 Å². The smallest absolute Gasteiger partial charge is 0.170 e. The summed E-state index contributed by atoms with van der Waals surface area (Å²) in [5, 5.41) is 1.00. The molecule has 0 fully saturated rings. The minimum absolute atomic E-state index is 0.665. The lowest BCUT2D eigenvalue weighted by atomic mass is 10.2. The molecule has 0 N–H and O–H groups in total. The average molecular weight is 276 g/mol. The molecule has 0 radical (unpaired) electrons. The molecule has 0 aliphatic heterocycles. The van der Waals surface area contributed by atoms with Gasteiger partial charge in [-0.05, 0) is 24.3 Å². The predicted octanol–water partition coefficient (Wildman–Crippen LogP) is 3.09. The van der Waals surface area contributed by atoms with Crippen LogP contribution in [0.4, 0.5) is 0 Å². The molecule has 1 heterocycles. The molecule has 62 valence electrons. The molecular weight excluding hydrogens is 271 g/mol. The molecule has 1 aromatic carbocycles. The highest BCUT2D eigenvalue weighted by Crippen LogP contribution is 2.21. The van der Waals surface area contributed by atoms with Crippen LogP contribution in [0.2, 0.25) is 0 Å².